The molecular formula is C15H14N2O4S. The van der Waals surface area contributed by atoms with E-state index in [1.807, 2.05) is 0 Å². The molecule has 2 aromatic carbocycles. The van der Waals surface area contributed by atoms with E-state index in [9.17, 15) is 8.42 Å². The molecule has 0 spiro atoms. The van der Waals surface area contributed by atoms with E-state index in [1.165, 1.54) is 24.3 Å². The molecule has 0 aromatic heterocycles. The Morgan fingerprint density at radius 2 is 1.50 bits per heavy atom. The summed E-state index contributed by atoms with van der Waals surface area (Å²) in [5.74, 6) is 0.705. The van der Waals surface area contributed by atoms with E-state index in [1.54, 1.807) is 30.3 Å². The van der Waals surface area contributed by atoms with E-state index < -0.39 is 10.1 Å². The van der Waals surface area contributed by atoms with Crippen molar-refractivity contribution in [2.45, 2.75) is 4.90 Å². The Labute approximate surface area is 128 Å². The topological polar surface area (TPSA) is 88.3 Å². The molecule has 2 aromatic rings. The Hall–Kier alpha value is -2.51. The van der Waals surface area contributed by atoms with Crippen LogP contribution in [0, 0.1) is 0 Å². The highest BCUT2D eigenvalue weighted by Crippen LogP contribution is 2.22. The van der Waals surface area contributed by atoms with Crippen LogP contribution in [-0.2, 0) is 10.1 Å². The normalized spacial score (nSPS) is 11.5. The number of azo groups is 1. The zero-order chi connectivity index (χ0) is 16.0. The second-order valence-electron chi connectivity index (χ2n) is 4.26. The van der Waals surface area contributed by atoms with Crippen LogP contribution in [0.15, 0.2) is 76.3 Å². The van der Waals surface area contributed by atoms with Crippen molar-refractivity contribution < 1.29 is 17.7 Å². The minimum Gasteiger partial charge on any atom is -0.490 e. The molecule has 2 rings (SSSR count). The summed E-state index contributed by atoms with van der Waals surface area (Å²) >= 11 is 0. The van der Waals surface area contributed by atoms with Crippen molar-refractivity contribution in [2.75, 3.05) is 6.61 Å². The maximum absolute atomic E-state index is 10.9. The SMILES string of the molecule is C=CCOc1ccc(N=Nc2ccc(S(=O)(=O)O)cc2)cc1. The second kappa shape index (κ2) is 6.97. The van der Waals surface area contributed by atoms with Crippen molar-refractivity contribution in [1.82, 2.24) is 0 Å². The van der Waals surface area contributed by atoms with Gasteiger partial charge in [-0.05, 0) is 48.5 Å². The summed E-state index contributed by atoms with van der Waals surface area (Å²) in [6.07, 6.45) is 1.66. The zero-order valence-corrected chi connectivity index (χ0v) is 12.4. The lowest BCUT2D eigenvalue weighted by molar-refractivity contribution is 0.363. The zero-order valence-electron chi connectivity index (χ0n) is 11.6. The summed E-state index contributed by atoms with van der Waals surface area (Å²) in [5, 5.41) is 8.01. The van der Waals surface area contributed by atoms with E-state index in [4.69, 9.17) is 9.29 Å². The van der Waals surface area contributed by atoms with Gasteiger partial charge < -0.3 is 4.74 Å². The van der Waals surface area contributed by atoms with Gasteiger partial charge in [0.1, 0.15) is 12.4 Å². The molecule has 0 amide bonds. The first-order valence-electron chi connectivity index (χ1n) is 6.32. The van der Waals surface area contributed by atoms with Gasteiger partial charge in [0.25, 0.3) is 10.1 Å². The van der Waals surface area contributed by atoms with Crippen LogP contribution >= 0.6 is 0 Å². The third kappa shape index (κ3) is 4.51. The van der Waals surface area contributed by atoms with Gasteiger partial charge in [0, 0.05) is 0 Å². The van der Waals surface area contributed by atoms with Crippen LogP contribution in [0.4, 0.5) is 11.4 Å². The summed E-state index contributed by atoms with van der Waals surface area (Å²) in [6.45, 7) is 4.00. The summed E-state index contributed by atoms with van der Waals surface area (Å²) in [7, 11) is -4.19. The van der Waals surface area contributed by atoms with Crippen molar-refractivity contribution in [3.63, 3.8) is 0 Å². The molecule has 0 atom stereocenters. The molecule has 0 radical (unpaired) electrons. The van der Waals surface area contributed by atoms with Crippen molar-refractivity contribution in [2.24, 2.45) is 10.2 Å². The summed E-state index contributed by atoms with van der Waals surface area (Å²) in [6, 6.07) is 12.4. The predicted octanol–water partition coefficient (Wildman–Crippen LogP) is 3.91. The van der Waals surface area contributed by atoms with Crippen LogP contribution in [0.25, 0.3) is 0 Å². The Morgan fingerprint density at radius 1 is 1.00 bits per heavy atom. The van der Waals surface area contributed by atoms with E-state index in [-0.39, 0.29) is 4.90 Å². The van der Waals surface area contributed by atoms with Gasteiger partial charge in [0.05, 0.1) is 16.3 Å². The number of hydrogen-bond acceptors (Lipinski definition) is 5. The van der Waals surface area contributed by atoms with Crippen LogP contribution in [0.3, 0.4) is 0 Å². The Balaban J connectivity index is 2.06. The van der Waals surface area contributed by atoms with Crippen LogP contribution in [0.1, 0.15) is 0 Å². The maximum atomic E-state index is 10.9. The van der Waals surface area contributed by atoms with Crippen molar-refractivity contribution in [3.05, 3.63) is 61.2 Å². The number of ether oxygens (including phenoxy) is 1. The van der Waals surface area contributed by atoms with Gasteiger partial charge in [-0.1, -0.05) is 12.7 Å². The number of benzene rings is 2. The van der Waals surface area contributed by atoms with Gasteiger partial charge in [-0.25, -0.2) is 0 Å². The molecule has 22 heavy (non-hydrogen) atoms. The summed E-state index contributed by atoms with van der Waals surface area (Å²) < 4.78 is 36.1. The van der Waals surface area contributed by atoms with Gasteiger partial charge in [0.15, 0.2) is 0 Å². The monoisotopic (exact) mass is 318 g/mol. The third-order valence-electron chi connectivity index (χ3n) is 2.62. The largest absolute Gasteiger partial charge is 0.490 e. The van der Waals surface area contributed by atoms with E-state index in [0.717, 1.165) is 0 Å². The van der Waals surface area contributed by atoms with Gasteiger partial charge in [-0.3, -0.25) is 4.55 Å². The lowest BCUT2D eigenvalue weighted by atomic mass is 10.3. The quantitative estimate of drug-likeness (QED) is 0.497. The fourth-order valence-corrected chi connectivity index (χ4v) is 2.04. The first kappa shape index (κ1) is 15.9. The molecule has 0 aliphatic heterocycles. The molecule has 6 nitrogen and oxygen atoms in total. The molecule has 114 valence electrons. The molecule has 0 bridgehead atoms. The molecule has 0 aliphatic rings. The summed E-state index contributed by atoms with van der Waals surface area (Å²) in [4.78, 5) is -0.185. The van der Waals surface area contributed by atoms with Crippen LogP contribution in [0.5, 0.6) is 5.75 Å². The predicted molar refractivity (Wildman–Crippen MR) is 82.6 cm³/mol. The fraction of sp³-hybridized carbons (Fsp3) is 0.0667. The lowest BCUT2D eigenvalue weighted by Crippen LogP contribution is -1.96. The minimum atomic E-state index is -4.19. The second-order valence-corrected chi connectivity index (χ2v) is 5.68. The first-order chi connectivity index (χ1) is 10.5. The van der Waals surface area contributed by atoms with E-state index >= 15 is 0 Å². The number of rotatable bonds is 6. The number of hydrogen-bond donors (Lipinski definition) is 1. The highest BCUT2D eigenvalue weighted by molar-refractivity contribution is 7.85. The Bertz CT molecular complexity index is 766. The first-order valence-corrected chi connectivity index (χ1v) is 7.76. The van der Waals surface area contributed by atoms with E-state index in [2.05, 4.69) is 16.8 Å². The molecule has 7 heteroatoms. The molecule has 0 aliphatic carbocycles. The average Bonchev–Trinajstić information content (AvgIpc) is 2.51. The van der Waals surface area contributed by atoms with Gasteiger partial charge in [-0.2, -0.15) is 18.6 Å². The number of nitrogens with zero attached hydrogens (tertiary/aromatic N) is 2. The highest BCUT2D eigenvalue weighted by atomic mass is 32.2. The molecule has 0 saturated heterocycles. The summed E-state index contributed by atoms with van der Waals surface area (Å²) in [5.41, 5.74) is 1.10. The highest BCUT2D eigenvalue weighted by Gasteiger charge is 2.07. The lowest BCUT2D eigenvalue weighted by Gasteiger charge is -2.02. The molecule has 0 unspecified atom stereocenters. The average molecular weight is 318 g/mol. The minimum absolute atomic E-state index is 0.185. The standard InChI is InChI=1S/C15H14N2O4S/c1-2-11-21-14-7-3-12(4-8-14)16-17-13-5-9-15(10-6-13)22(18,19)20/h2-10H,1,11H2,(H,18,19,20). The van der Waals surface area contributed by atoms with Gasteiger partial charge >= 0.3 is 0 Å². The maximum Gasteiger partial charge on any atom is 0.294 e. The van der Waals surface area contributed by atoms with Crippen LogP contribution in [-0.4, -0.2) is 19.6 Å². The molecule has 0 fully saturated rings. The van der Waals surface area contributed by atoms with Gasteiger partial charge in [-0.15, -0.1) is 0 Å². The third-order valence-corrected chi connectivity index (χ3v) is 3.49. The molecular weight excluding hydrogens is 304 g/mol. The van der Waals surface area contributed by atoms with Crippen LogP contribution < -0.4 is 4.74 Å². The van der Waals surface area contributed by atoms with Crippen molar-refractivity contribution in [1.29, 1.82) is 0 Å². The van der Waals surface area contributed by atoms with Crippen molar-refractivity contribution >= 4 is 21.5 Å². The molecule has 0 saturated carbocycles. The molecule has 1 N–H and O–H groups in total. The molecule has 0 heterocycles. The van der Waals surface area contributed by atoms with Crippen molar-refractivity contribution in [3.8, 4) is 5.75 Å². The Kier molecular flexibility index (Phi) is 5.03. The van der Waals surface area contributed by atoms with Crippen LogP contribution in [0.2, 0.25) is 0 Å². The Morgan fingerprint density at radius 3 is 1.95 bits per heavy atom. The van der Waals surface area contributed by atoms with E-state index in [0.29, 0.717) is 23.7 Å². The smallest absolute Gasteiger partial charge is 0.294 e. The van der Waals surface area contributed by atoms with Gasteiger partial charge in [0.2, 0.25) is 0 Å². The fourth-order valence-electron chi connectivity index (χ4n) is 1.56.